The molecule has 0 amide bonds. The summed E-state index contributed by atoms with van der Waals surface area (Å²) in [6, 6.07) is 0. The minimum Gasteiger partial charge on any atom is -0.385 e. The number of methoxy groups -OCH3 is 1. The third-order valence-electron chi connectivity index (χ3n) is 1.49. The van der Waals surface area contributed by atoms with Gasteiger partial charge in [0.15, 0.2) is 0 Å². The average Bonchev–Trinajstić information content (AvgIpc) is 2.11. The number of unbranched alkanes of at least 4 members (excludes halogenated alkanes) is 2. The number of sulfonamides is 1. The standard InChI is InChI=1S/C7H16BrNO3S/c1-12-6-4-2-3-5-9-13(10,11)7-8/h9H,2-7H2,1H3. The maximum absolute atomic E-state index is 10.9. The Labute approximate surface area is 88.2 Å². The summed E-state index contributed by atoms with van der Waals surface area (Å²) in [6.45, 7) is 1.25. The molecule has 0 aliphatic rings. The number of hydrogen-bond donors (Lipinski definition) is 1. The van der Waals surface area contributed by atoms with Gasteiger partial charge in [-0.25, -0.2) is 13.1 Å². The molecule has 0 saturated heterocycles. The third-order valence-corrected chi connectivity index (χ3v) is 4.23. The molecule has 0 unspecified atom stereocenters. The highest BCUT2D eigenvalue weighted by Gasteiger charge is 2.04. The van der Waals surface area contributed by atoms with Crippen molar-refractivity contribution in [1.29, 1.82) is 0 Å². The number of hydrogen-bond acceptors (Lipinski definition) is 3. The summed E-state index contributed by atoms with van der Waals surface area (Å²) in [6.07, 6.45) is 2.82. The normalized spacial score (nSPS) is 11.8. The van der Waals surface area contributed by atoms with Crippen LogP contribution in [0, 0.1) is 0 Å². The number of alkyl halides is 1. The van der Waals surface area contributed by atoms with Gasteiger partial charge in [-0.2, -0.15) is 0 Å². The van der Waals surface area contributed by atoms with Crippen LogP contribution in [-0.2, 0) is 14.8 Å². The Morgan fingerprint density at radius 2 is 2.00 bits per heavy atom. The topological polar surface area (TPSA) is 55.4 Å². The Kier molecular flexibility index (Phi) is 7.93. The van der Waals surface area contributed by atoms with Crippen molar-refractivity contribution in [2.75, 3.05) is 24.9 Å². The van der Waals surface area contributed by atoms with Crippen LogP contribution in [0.25, 0.3) is 0 Å². The molecule has 80 valence electrons. The van der Waals surface area contributed by atoms with E-state index in [0.717, 1.165) is 25.9 Å². The fraction of sp³-hybridized carbons (Fsp3) is 1.00. The number of nitrogens with one attached hydrogen (secondary N) is 1. The van der Waals surface area contributed by atoms with Crippen LogP contribution < -0.4 is 4.72 Å². The molecule has 0 heterocycles. The van der Waals surface area contributed by atoms with E-state index in [1.807, 2.05) is 0 Å². The molecular weight excluding hydrogens is 258 g/mol. The van der Waals surface area contributed by atoms with E-state index >= 15 is 0 Å². The number of ether oxygens (including phenoxy) is 1. The second-order valence-corrected chi connectivity index (χ2v) is 5.78. The summed E-state index contributed by atoms with van der Waals surface area (Å²) in [5.41, 5.74) is 0. The van der Waals surface area contributed by atoms with E-state index in [4.69, 9.17) is 4.74 Å². The first kappa shape index (κ1) is 13.4. The van der Waals surface area contributed by atoms with Crippen LogP contribution in [0.5, 0.6) is 0 Å². The second-order valence-electron chi connectivity index (χ2n) is 2.67. The molecule has 1 N–H and O–H groups in total. The molecule has 0 bridgehead atoms. The maximum atomic E-state index is 10.9. The van der Waals surface area contributed by atoms with E-state index in [-0.39, 0.29) is 4.66 Å². The summed E-state index contributed by atoms with van der Waals surface area (Å²) in [5, 5.41) is 0. The van der Waals surface area contributed by atoms with Gasteiger partial charge < -0.3 is 4.74 Å². The van der Waals surface area contributed by atoms with Crippen molar-refractivity contribution >= 4 is 26.0 Å². The summed E-state index contributed by atoms with van der Waals surface area (Å²) in [4.78, 5) is 0. The summed E-state index contributed by atoms with van der Waals surface area (Å²) in [7, 11) is -1.42. The molecular formula is C7H16BrNO3S. The quantitative estimate of drug-likeness (QED) is 0.532. The molecule has 0 aromatic carbocycles. The van der Waals surface area contributed by atoms with Gasteiger partial charge in [-0.15, -0.1) is 0 Å². The Balaban J connectivity index is 3.26. The fourth-order valence-electron chi connectivity index (χ4n) is 0.814. The molecule has 0 spiro atoms. The van der Waals surface area contributed by atoms with Crippen LogP contribution in [0.2, 0.25) is 0 Å². The third kappa shape index (κ3) is 8.67. The van der Waals surface area contributed by atoms with E-state index in [1.165, 1.54) is 0 Å². The van der Waals surface area contributed by atoms with Crippen LogP contribution >= 0.6 is 15.9 Å². The molecule has 0 aliphatic heterocycles. The fourth-order valence-corrected chi connectivity index (χ4v) is 1.83. The zero-order valence-corrected chi connectivity index (χ0v) is 10.2. The van der Waals surface area contributed by atoms with Crippen molar-refractivity contribution < 1.29 is 13.2 Å². The van der Waals surface area contributed by atoms with Crippen LogP contribution in [0.3, 0.4) is 0 Å². The van der Waals surface area contributed by atoms with E-state index in [9.17, 15) is 8.42 Å². The van der Waals surface area contributed by atoms with E-state index in [2.05, 4.69) is 20.7 Å². The largest absolute Gasteiger partial charge is 0.385 e. The Bertz CT molecular complexity index is 206. The van der Waals surface area contributed by atoms with Gasteiger partial charge in [0.2, 0.25) is 10.0 Å². The van der Waals surface area contributed by atoms with Gasteiger partial charge in [0.1, 0.15) is 4.66 Å². The van der Waals surface area contributed by atoms with Crippen molar-refractivity contribution in [1.82, 2.24) is 4.72 Å². The SMILES string of the molecule is COCCCCCNS(=O)(=O)CBr. The van der Waals surface area contributed by atoms with Crippen LogP contribution in [0.15, 0.2) is 0 Å². The minimum atomic E-state index is -3.08. The van der Waals surface area contributed by atoms with E-state index in [1.54, 1.807) is 7.11 Å². The molecule has 0 aromatic heterocycles. The first-order valence-electron chi connectivity index (χ1n) is 4.14. The van der Waals surface area contributed by atoms with E-state index in [0.29, 0.717) is 6.54 Å². The lowest BCUT2D eigenvalue weighted by atomic mass is 10.2. The predicted molar refractivity (Wildman–Crippen MR) is 56.4 cm³/mol. The van der Waals surface area contributed by atoms with Crippen molar-refractivity contribution in [3.63, 3.8) is 0 Å². The first-order chi connectivity index (χ1) is 6.12. The van der Waals surface area contributed by atoms with Crippen molar-refractivity contribution in [3.05, 3.63) is 0 Å². The van der Waals surface area contributed by atoms with Crippen molar-refractivity contribution in [2.24, 2.45) is 0 Å². The van der Waals surface area contributed by atoms with Gasteiger partial charge in [0, 0.05) is 20.3 Å². The molecule has 6 heteroatoms. The summed E-state index contributed by atoms with van der Waals surface area (Å²) in [5.74, 6) is 0. The number of halogens is 1. The summed E-state index contributed by atoms with van der Waals surface area (Å²) < 4.78 is 29.1. The van der Waals surface area contributed by atoms with Gasteiger partial charge in [0.05, 0.1) is 0 Å². The smallest absolute Gasteiger partial charge is 0.221 e. The lowest BCUT2D eigenvalue weighted by molar-refractivity contribution is 0.192. The van der Waals surface area contributed by atoms with Crippen molar-refractivity contribution in [3.8, 4) is 0 Å². The van der Waals surface area contributed by atoms with Gasteiger partial charge in [0.25, 0.3) is 0 Å². The molecule has 4 nitrogen and oxygen atoms in total. The van der Waals surface area contributed by atoms with Gasteiger partial charge >= 0.3 is 0 Å². The molecule has 0 fully saturated rings. The Hall–Kier alpha value is 0.350. The van der Waals surface area contributed by atoms with Crippen LogP contribution in [0.4, 0.5) is 0 Å². The molecule has 0 atom stereocenters. The van der Waals surface area contributed by atoms with Gasteiger partial charge in [-0.05, 0) is 19.3 Å². The number of rotatable bonds is 8. The van der Waals surface area contributed by atoms with Crippen molar-refractivity contribution in [2.45, 2.75) is 19.3 Å². The Morgan fingerprint density at radius 3 is 2.54 bits per heavy atom. The highest BCUT2D eigenvalue weighted by atomic mass is 79.9. The maximum Gasteiger partial charge on any atom is 0.221 e. The predicted octanol–water partition coefficient (Wildman–Crippen LogP) is 1.07. The lowest BCUT2D eigenvalue weighted by Crippen LogP contribution is -2.25. The van der Waals surface area contributed by atoms with Gasteiger partial charge in [-0.1, -0.05) is 15.9 Å². The molecule has 0 aromatic rings. The molecule has 0 rings (SSSR count). The highest BCUT2D eigenvalue weighted by Crippen LogP contribution is 1.96. The molecule has 0 aliphatic carbocycles. The molecule has 0 saturated carbocycles. The zero-order valence-electron chi connectivity index (χ0n) is 7.75. The van der Waals surface area contributed by atoms with Crippen LogP contribution in [-0.4, -0.2) is 33.3 Å². The monoisotopic (exact) mass is 273 g/mol. The highest BCUT2D eigenvalue weighted by molar-refractivity contribution is 9.10. The first-order valence-corrected chi connectivity index (χ1v) is 6.92. The Morgan fingerprint density at radius 1 is 1.31 bits per heavy atom. The zero-order chi connectivity index (χ0) is 10.2. The molecule has 0 radical (unpaired) electrons. The second kappa shape index (κ2) is 7.73. The summed E-state index contributed by atoms with van der Waals surface area (Å²) >= 11 is 2.89. The molecule has 13 heavy (non-hydrogen) atoms. The van der Waals surface area contributed by atoms with Gasteiger partial charge in [-0.3, -0.25) is 0 Å². The van der Waals surface area contributed by atoms with E-state index < -0.39 is 10.0 Å². The lowest BCUT2D eigenvalue weighted by Gasteiger charge is -2.03. The minimum absolute atomic E-state index is 0.0297. The van der Waals surface area contributed by atoms with Crippen LogP contribution in [0.1, 0.15) is 19.3 Å². The average molecular weight is 274 g/mol.